The monoisotopic (exact) mass is 666 g/mol. The van der Waals surface area contributed by atoms with E-state index in [2.05, 4.69) is 36.7 Å². The molecular formula is C36H54N6O6. The summed E-state index contributed by atoms with van der Waals surface area (Å²) in [5.41, 5.74) is 10.2. The summed E-state index contributed by atoms with van der Waals surface area (Å²) in [5, 5.41) is 10.2. The van der Waals surface area contributed by atoms with Crippen LogP contribution in [0.15, 0.2) is 36.4 Å². The number of hydroxylamine groups is 2. The molecule has 12 nitrogen and oxygen atoms in total. The van der Waals surface area contributed by atoms with Gasteiger partial charge >= 0.3 is 6.09 Å². The number of hydrogen-bond acceptors (Lipinski definition) is 9. The van der Waals surface area contributed by atoms with Crippen LogP contribution in [0.2, 0.25) is 0 Å². The first-order valence-corrected chi connectivity index (χ1v) is 16.8. The summed E-state index contributed by atoms with van der Waals surface area (Å²) in [4.78, 5) is 47.7. The Balaban J connectivity index is 1.73. The van der Waals surface area contributed by atoms with Crippen molar-refractivity contribution in [3.8, 4) is 16.9 Å². The van der Waals surface area contributed by atoms with Crippen molar-refractivity contribution in [1.29, 1.82) is 0 Å². The number of para-hydroxylation sites is 1. The number of nitrogens with two attached hydrogens (primary N) is 1. The highest BCUT2D eigenvalue weighted by molar-refractivity contribution is 5.97. The molecule has 2 fully saturated rings. The van der Waals surface area contributed by atoms with Gasteiger partial charge in [-0.15, -0.1) is 0 Å². The van der Waals surface area contributed by atoms with Crippen molar-refractivity contribution < 1.29 is 28.7 Å². The third-order valence-corrected chi connectivity index (χ3v) is 9.80. The van der Waals surface area contributed by atoms with Gasteiger partial charge in [-0.25, -0.2) is 4.79 Å². The number of ether oxygens (including phenoxy) is 2. The second kappa shape index (κ2) is 15.6. The summed E-state index contributed by atoms with van der Waals surface area (Å²) in [6, 6.07) is 10.7. The molecule has 1 aliphatic heterocycles. The Kier molecular flexibility index (Phi) is 12.0. The minimum Gasteiger partial charge on any atom is -0.496 e. The van der Waals surface area contributed by atoms with E-state index in [1.54, 1.807) is 26.1 Å². The fourth-order valence-electron chi connectivity index (χ4n) is 7.29. The standard InChI is InChI=1S/C36H54N6O6/c1-21-18-36(3,4)14-13-28(21)40-34(44)31-30(22(2)47-35(45)39-6)29(19-37)48-42(31)20-23-11-10-12-27(32(23)46-9)24-15-25(33(43)38-5)17-26(16-24)41(7)8/h10-12,15-17,21-22,28-31H,13-14,18-20,37H2,1-9H3,(H,38,43)(H,39,45)(H,40,44)/t21?,22?,28?,29-,30?,31?/m0/s1. The number of methoxy groups -OCH3 is 1. The predicted molar refractivity (Wildman–Crippen MR) is 187 cm³/mol. The van der Waals surface area contributed by atoms with Crippen molar-refractivity contribution in [2.45, 2.75) is 77.8 Å². The first-order chi connectivity index (χ1) is 22.7. The molecule has 12 heteroatoms. The lowest BCUT2D eigenvalue weighted by molar-refractivity contribution is -0.174. The average molecular weight is 667 g/mol. The zero-order valence-corrected chi connectivity index (χ0v) is 29.9. The van der Waals surface area contributed by atoms with Crippen LogP contribution >= 0.6 is 0 Å². The molecule has 0 bridgehead atoms. The van der Waals surface area contributed by atoms with Crippen LogP contribution in [0.4, 0.5) is 10.5 Å². The number of nitrogens with one attached hydrogen (secondary N) is 3. The number of amides is 3. The summed E-state index contributed by atoms with van der Waals surface area (Å²) in [6.07, 6.45) is 1.05. The van der Waals surface area contributed by atoms with E-state index in [1.165, 1.54) is 7.05 Å². The molecule has 5 unspecified atom stereocenters. The molecule has 0 aromatic heterocycles. The van der Waals surface area contributed by atoms with E-state index < -0.39 is 30.3 Å². The largest absolute Gasteiger partial charge is 0.496 e. The van der Waals surface area contributed by atoms with Crippen LogP contribution in [0.1, 0.15) is 62.9 Å². The smallest absolute Gasteiger partial charge is 0.407 e. The Bertz CT molecular complexity index is 1460. The van der Waals surface area contributed by atoms with Gasteiger partial charge in [-0.2, -0.15) is 5.06 Å². The number of hydrogen-bond donors (Lipinski definition) is 4. The molecule has 1 saturated heterocycles. The number of carbonyl (C=O) groups is 3. The molecule has 2 aromatic rings. The number of nitrogens with zero attached hydrogens (tertiary/aromatic N) is 2. The summed E-state index contributed by atoms with van der Waals surface area (Å²) in [5.74, 6) is -0.0412. The molecule has 1 aliphatic carbocycles. The van der Waals surface area contributed by atoms with Gasteiger partial charge in [0.05, 0.1) is 25.7 Å². The Morgan fingerprint density at radius 2 is 1.88 bits per heavy atom. The Labute approximate surface area is 285 Å². The molecule has 4 rings (SSSR count). The number of benzene rings is 2. The van der Waals surface area contributed by atoms with E-state index in [4.69, 9.17) is 20.0 Å². The van der Waals surface area contributed by atoms with Crippen LogP contribution in [0.25, 0.3) is 11.1 Å². The first kappa shape index (κ1) is 37.0. The fraction of sp³-hybridized carbons (Fsp3) is 0.583. The van der Waals surface area contributed by atoms with Crippen LogP contribution in [-0.2, 0) is 20.9 Å². The normalized spacial score (nSPS) is 24.3. The van der Waals surface area contributed by atoms with E-state index in [0.29, 0.717) is 17.2 Å². The molecule has 3 amide bonds. The van der Waals surface area contributed by atoms with Crippen molar-refractivity contribution in [2.75, 3.05) is 46.7 Å². The van der Waals surface area contributed by atoms with Gasteiger partial charge in [0.2, 0.25) is 5.91 Å². The van der Waals surface area contributed by atoms with Crippen LogP contribution in [0.3, 0.4) is 0 Å². The highest BCUT2D eigenvalue weighted by atomic mass is 16.7. The first-order valence-electron chi connectivity index (χ1n) is 16.8. The van der Waals surface area contributed by atoms with Gasteiger partial charge in [-0.3, -0.25) is 14.4 Å². The topological polar surface area (TPSA) is 147 Å². The van der Waals surface area contributed by atoms with Gasteiger partial charge in [0, 0.05) is 63.2 Å². The highest BCUT2D eigenvalue weighted by Crippen LogP contribution is 2.41. The van der Waals surface area contributed by atoms with Gasteiger partial charge in [0.25, 0.3) is 5.91 Å². The molecule has 6 atom stereocenters. The van der Waals surface area contributed by atoms with Gasteiger partial charge in [-0.05, 0) is 61.3 Å². The maximum absolute atomic E-state index is 14.3. The molecule has 264 valence electrons. The van der Waals surface area contributed by atoms with E-state index in [0.717, 1.165) is 41.6 Å². The Morgan fingerprint density at radius 1 is 1.15 bits per heavy atom. The number of carbonyl (C=O) groups excluding carboxylic acids is 3. The second-order valence-electron chi connectivity index (χ2n) is 14.1. The minimum absolute atomic E-state index is 0.0106. The summed E-state index contributed by atoms with van der Waals surface area (Å²) in [6.45, 7) is 8.81. The van der Waals surface area contributed by atoms with Crippen molar-refractivity contribution in [1.82, 2.24) is 21.0 Å². The lowest BCUT2D eigenvalue weighted by atomic mass is 9.70. The van der Waals surface area contributed by atoms with Crippen molar-refractivity contribution in [2.24, 2.45) is 23.0 Å². The fourth-order valence-corrected chi connectivity index (χ4v) is 7.29. The van der Waals surface area contributed by atoms with E-state index in [1.807, 2.05) is 55.4 Å². The Hall–Kier alpha value is -3.87. The average Bonchev–Trinajstić information content (AvgIpc) is 3.43. The summed E-state index contributed by atoms with van der Waals surface area (Å²) < 4.78 is 11.7. The molecule has 2 aromatic carbocycles. The molecule has 0 radical (unpaired) electrons. The zero-order chi connectivity index (χ0) is 35.3. The van der Waals surface area contributed by atoms with Crippen molar-refractivity contribution in [3.05, 3.63) is 47.5 Å². The van der Waals surface area contributed by atoms with Gasteiger partial charge in [-0.1, -0.05) is 39.0 Å². The maximum Gasteiger partial charge on any atom is 0.407 e. The molecule has 0 spiro atoms. The third kappa shape index (κ3) is 8.22. The second-order valence-corrected chi connectivity index (χ2v) is 14.1. The SMILES string of the molecule is CNC(=O)OC(C)C1C(C(=O)NC2CCC(C)(C)CC2C)N(Cc2cccc(-c3cc(C(=O)NC)cc(N(C)C)c3)c2OC)O[C@H]1CN. The third-order valence-electron chi connectivity index (χ3n) is 9.80. The predicted octanol–water partition coefficient (Wildman–Crippen LogP) is 3.92. The minimum atomic E-state index is -0.800. The molecular weight excluding hydrogens is 612 g/mol. The molecule has 5 N–H and O–H groups in total. The van der Waals surface area contributed by atoms with Gasteiger partial charge in [0.1, 0.15) is 17.9 Å². The molecule has 1 heterocycles. The lowest BCUT2D eigenvalue weighted by Crippen LogP contribution is -2.54. The van der Waals surface area contributed by atoms with Gasteiger partial charge < -0.3 is 36.1 Å². The maximum atomic E-state index is 14.3. The number of anilines is 1. The van der Waals surface area contributed by atoms with Gasteiger partial charge in [0.15, 0.2) is 0 Å². The molecule has 48 heavy (non-hydrogen) atoms. The zero-order valence-electron chi connectivity index (χ0n) is 29.9. The number of rotatable bonds is 11. The van der Waals surface area contributed by atoms with Crippen LogP contribution in [0, 0.1) is 17.3 Å². The quantitative estimate of drug-likeness (QED) is 0.280. The molecule has 1 saturated carbocycles. The van der Waals surface area contributed by atoms with Crippen LogP contribution in [0.5, 0.6) is 5.75 Å². The summed E-state index contributed by atoms with van der Waals surface area (Å²) in [7, 11) is 8.54. The Morgan fingerprint density at radius 3 is 2.48 bits per heavy atom. The lowest BCUT2D eigenvalue weighted by Gasteiger charge is -2.40. The molecule has 2 aliphatic rings. The van der Waals surface area contributed by atoms with E-state index in [9.17, 15) is 14.4 Å². The number of alkyl carbamates (subject to hydrolysis) is 1. The highest BCUT2D eigenvalue weighted by Gasteiger charge is 2.51. The van der Waals surface area contributed by atoms with E-state index >= 15 is 0 Å². The van der Waals surface area contributed by atoms with Crippen LogP contribution in [-0.4, -0.2) is 89.1 Å². The van der Waals surface area contributed by atoms with Crippen molar-refractivity contribution in [3.63, 3.8) is 0 Å². The summed E-state index contributed by atoms with van der Waals surface area (Å²) >= 11 is 0. The van der Waals surface area contributed by atoms with Crippen LogP contribution < -0.4 is 31.3 Å². The van der Waals surface area contributed by atoms with Crippen molar-refractivity contribution >= 4 is 23.6 Å². The van der Waals surface area contributed by atoms with E-state index in [-0.39, 0.29) is 36.4 Å².